The molecule has 0 unspecified atom stereocenters. The number of para-hydroxylation sites is 5. The fraction of sp³-hybridized carbons (Fsp3) is 0. The van der Waals surface area contributed by atoms with E-state index in [1.54, 1.807) is 0 Å². The zero-order valence-corrected chi connectivity index (χ0v) is 30.6. The van der Waals surface area contributed by atoms with E-state index in [2.05, 4.69) is 162 Å². The zero-order chi connectivity index (χ0) is 37.5. The number of rotatable bonds is 5. The van der Waals surface area contributed by atoms with Crippen LogP contribution >= 0.6 is 0 Å². The van der Waals surface area contributed by atoms with E-state index in [1.165, 1.54) is 5.56 Å². The van der Waals surface area contributed by atoms with Gasteiger partial charge in [0.15, 0.2) is 5.82 Å². The molecular formula is C52H31N3O2. The van der Waals surface area contributed by atoms with Gasteiger partial charge in [0, 0.05) is 43.7 Å². The summed E-state index contributed by atoms with van der Waals surface area (Å²) in [6.45, 7) is 0. The number of fused-ring (bicyclic) bond motifs is 10. The minimum Gasteiger partial charge on any atom is -0.455 e. The molecule has 0 saturated heterocycles. The summed E-state index contributed by atoms with van der Waals surface area (Å²) in [4.78, 5) is 10.6. The van der Waals surface area contributed by atoms with Crippen molar-refractivity contribution in [1.29, 1.82) is 0 Å². The van der Waals surface area contributed by atoms with Crippen LogP contribution in [0, 0.1) is 0 Å². The van der Waals surface area contributed by atoms with Crippen LogP contribution in [-0.2, 0) is 0 Å². The first-order valence-electron chi connectivity index (χ1n) is 19.2. The molecule has 4 heterocycles. The summed E-state index contributed by atoms with van der Waals surface area (Å²) < 4.78 is 15.9. The standard InChI is InChI=1S/C52H31N3O2/c1-3-13-32(14-4-1)33-25-27-34(28-26-33)43-31-44(54-52(53-43)42-22-12-19-37-36-17-8-10-24-47(36)56-50(37)42)40-21-11-20-38-39-29-30-46-48(51(39)57-49(38)40)41-18-7-9-23-45(41)55(46)35-15-5-2-6-16-35/h1-31H. The second-order valence-electron chi connectivity index (χ2n) is 14.5. The Balaban J connectivity index is 1.10. The molecule has 0 amide bonds. The van der Waals surface area contributed by atoms with E-state index in [1.807, 2.05) is 30.3 Å². The molecule has 0 aliphatic carbocycles. The lowest BCUT2D eigenvalue weighted by Gasteiger charge is -2.11. The van der Waals surface area contributed by atoms with Crippen molar-refractivity contribution >= 4 is 65.7 Å². The molecule has 0 radical (unpaired) electrons. The number of furan rings is 2. The second kappa shape index (κ2) is 12.4. The number of nitrogens with zero attached hydrogens (tertiary/aromatic N) is 3. The predicted octanol–water partition coefficient (Wildman–Crippen LogP) is 14.0. The topological polar surface area (TPSA) is 57.0 Å². The van der Waals surface area contributed by atoms with E-state index in [0.717, 1.165) is 105 Å². The molecule has 5 nitrogen and oxygen atoms in total. The summed E-state index contributed by atoms with van der Waals surface area (Å²) in [6, 6.07) is 65.3. The summed E-state index contributed by atoms with van der Waals surface area (Å²) >= 11 is 0. The molecule has 0 aliphatic rings. The largest absolute Gasteiger partial charge is 0.455 e. The predicted molar refractivity (Wildman–Crippen MR) is 233 cm³/mol. The van der Waals surface area contributed by atoms with E-state index < -0.39 is 0 Å². The van der Waals surface area contributed by atoms with E-state index in [-0.39, 0.29) is 0 Å². The third-order valence-electron chi connectivity index (χ3n) is 11.2. The molecule has 12 aromatic rings. The zero-order valence-electron chi connectivity index (χ0n) is 30.6. The van der Waals surface area contributed by atoms with Crippen LogP contribution in [0.25, 0.3) is 116 Å². The Morgan fingerprint density at radius 1 is 0.368 bits per heavy atom. The van der Waals surface area contributed by atoms with E-state index >= 15 is 0 Å². The average molecular weight is 730 g/mol. The second-order valence-corrected chi connectivity index (χ2v) is 14.5. The lowest BCUT2D eigenvalue weighted by Crippen LogP contribution is -1.96. The number of aromatic nitrogens is 3. The van der Waals surface area contributed by atoms with Crippen LogP contribution in [0.4, 0.5) is 0 Å². The summed E-state index contributed by atoms with van der Waals surface area (Å²) in [5.41, 5.74) is 13.2. The molecule has 0 N–H and O–H groups in total. The molecule has 0 saturated carbocycles. The number of hydrogen-bond acceptors (Lipinski definition) is 4. The van der Waals surface area contributed by atoms with Crippen LogP contribution in [0.5, 0.6) is 0 Å². The molecule has 0 fully saturated rings. The van der Waals surface area contributed by atoms with Crippen LogP contribution in [0.15, 0.2) is 197 Å². The van der Waals surface area contributed by atoms with Gasteiger partial charge in [-0.1, -0.05) is 133 Å². The SMILES string of the molecule is c1ccc(-c2ccc(-c3cc(-c4cccc5c4oc4c5ccc5c4c4ccccc4n5-c4ccccc4)nc(-c4cccc5c4oc4ccccc45)n3)cc2)cc1. The van der Waals surface area contributed by atoms with Crippen molar-refractivity contribution in [2.75, 3.05) is 0 Å². The molecule has 12 rings (SSSR count). The van der Waals surface area contributed by atoms with Gasteiger partial charge in [-0.25, -0.2) is 9.97 Å². The van der Waals surface area contributed by atoms with E-state index in [9.17, 15) is 0 Å². The third-order valence-corrected chi connectivity index (χ3v) is 11.2. The van der Waals surface area contributed by atoms with Gasteiger partial charge in [-0.05, 0) is 65.7 Å². The van der Waals surface area contributed by atoms with Crippen molar-refractivity contribution in [2.45, 2.75) is 0 Å². The van der Waals surface area contributed by atoms with Crippen molar-refractivity contribution in [3.63, 3.8) is 0 Å². The first-order chi connectivity index (χ1) is 28.3. The molecule has 4 aromatic heterocycles. The minimum atomic E-state index is 0.584. The van der Waals surface area contributed by atoms with Gasteiger partial charge in [0.1, 0.15) is 22.3 Å². The fourth-order valence-corrected chi connectivity index (χ4v) is 8.61. The number of hydrogen-bond donors (Lipinski definition) is 0. The maximum Gasteiger partial charge on any atom is 0.164 e. The van der Waals surface area contributed by atoms with Crippen molar-refractivity contribution in [1.82, 2.24) is 14.5 Å². The Morgan fingerprint density at radius 2 is 0.965 bits per heavy atom. The quantitative estimate of drug-likeness (QED) is 0.177. The minimum absolute atomic E-state index is 0.584. The molecule has 8 aromatic carbocycles. The maximum absolute atomic E-state index is 7.08. The summed E-state index contributed by atoms with van der Waals surface area (Å²) in [6.07, 6.45) is 0. The highest BCUT2D eigenvalue weighted by atomic mass is 16.3. The molecule has 5 heteroatoms. The Hall–Kier alpha value is -7.76. The Morgan fingerprint density at radius 3 is 1.79 bits per heavy atom. The molecule has 0 aliphatic heterocycles. The third kappa shape index (κ3) is 4.89. The van der Waals surface area contributed by atoms with Gasteiger partial charge >= 0.3 is 0 Å². The van der Waals surface area contributed by atoms with Gasteiger partial charge < -0.3 is 13.4 Å². The van der Waals surface area contributed by atoms with Crippen molar-refractivity contribution in [3.8, 4) is 50.7 Å². The van der Waals surface area contributed by atoms with Gasteiger partial charge in [-0.15, -0.1) is 0 Å². The molecule has 0 spiro atoms. The smallest absolute Gasteiger partial charge is 0.164 e. The normalized spacial score (nSPS) is 11.9. The highest BCUT2D eigenvalue weighted by Gasteiger charge is 2.22. The van der Waals surface area contributed by atoms with Crippen LogP contribution in [0.1, 0.15) is 0 Å². The highest BCUT2D eigenvalue weighted by molar-refractivity contribution is 6.24. The molecule has 57 heavy (non-hydrogen) atoms. The van der Waals surface area contributed by atoms with Gasteiger partial charge in [0.2, 0.25) is 0 Å². The molecule has 0 bridgehead atoms. The number of benzene rings is 8. The van der Waals surface area contributed by atoms with Gasteiger partial charge in [-0.2, -0.15) is 0 Å². The first-order valence-corrected chi connectivity index (χ1v) is 19.2. The monoisotopic (exact) mass is 729 g/mol. The van der Waals surface area contributed by atoms with Gasteiger partial charge in [-0.3, -0.25) is 0 Å². The van der Waals surface area contributed by atoms with Crippen molar-refractivity contribution in [2.24, 2.45) is 0 Å². The Kier molecular flexibility index (Phi) is 6.86. The fourth-order valence-electron chi connectivity index (χ4n) is 8.61. The van der Waals surface area contributed by atoms with Crippen LogP contribution in [0.2, 0.25) is 0 Å². The molecule has 266 valence electrons. The van der Waals surface area contributed by atoms with E-state index in [4.69, 9.17) is 18.8 Å². The lowest BCUT2D eigenvalue weighted by atomic mass is 10.0. The van der Waals surface area contributed by atoms with Crippen molar-refractivity contribution < 1.29 is 8.83 Å². The summed E-state index contributed by atoms with van der Waals surface area (Å²) in [5.74, 6) is 0.584. The summed E-state index contributed by atoms with van der Waals surface area (Å²) in [5, 5.41) is 6.43. The van der Waals surface area contributed by atoms with Crippen LogP contribution < -0.4 is 0 Å². The maximum atomic E-state index is 7.08. The van der Waals surface area contributed by atoms with Crippen LogP contribution in [0.3, 0.4) is 0 Å². The molecular weight excluding hydrogens is 699 g/mol. The Bertz CT molecular complexity index is 3500. The van der Waals surface area contributed by atoms with E-state index in [0.29, 0.717) is 5.82 Å². The van der Waals surface area contributed by atoms with Gasteiger partial charge in [0.05, 0.1) is 33.4 Å². The van der Waals surface area contributed by atoms with Gasteiger partial charge in [0.25, 0.3) is 0 Å². The summed E-state index contributed by atoms with van der Waals surface area (Å²) in [7, 11) is 0. The first kappa shape index (κ1) is 31.6. The van der Waals surface area contributed by atoms with Crippen molar-refractivity contribution in [3.05, 3.63) is 188 Å². The van der Waals surface area contributed by atoms with Crippen LogP contribution in [-0.4, -0.2) is 14.5 Å². The lowest BCUT2D eigenvalue weighted by molar-refractivity contribution is 0.669. The molecule has 0 atom stereocenters. The average Bonchev–Trinajstić information content (AvgIpc) is 3.96. The highest BCUT2D eigenvalue weighted by Crippen LogP contribution is 2.44. The Labute approximate surface area is 326 Å².